The summed E-state index contributed by atoms with van der Waals surface area (Å²) < 4.78 is 18.8. The number of carbonyl (C=O) groups excluding carboxylic acids is 1. The molecule has 3 fully saturated rings. The van der Waals surface area contributed by atoms with Crippen molar-refractivity contribution in [1.82, 2.24) is 35.3 Å². The van der Waals surface area contributed by atoms with Gasteiger partial charge in [0.05, 0.1) is 12.9 Å². The van der Waals surface area contributed by atoms with Gasteiger partial charge in [-0.2, -0.15) is 0 Å². The topological polar surface area (TPSA) is 168 Å². The predicted octanol–water partition coefficient (Wildman–Crippen LogP) is 0.301. The lowest BCUT2D eigenvalue weighted by Gasteiger charge is -2.31. The number of nitrogens with zero attached hydrogens (tertiary/aromatic N) is 5. The van der Waals surface area contributed by atoms with Gasteiger partial charge in [0, 0.05) is 24.5 Å². The molecule has 3 aliphatic rings. The van der Waals surface area contributed by atoms with E-state index in [-0.39, 0.29) is 23.8 Å². The van der Waals surface area contributed by atoms with Crippen molar-refractivity contribution in [3.05, 3.63) is 12.7 Å². The van der Waals surface area contributed by atoms with Gasteiger partial charge in [-0.05, 0) is 19.8 Å². The Bertz CT molecular complexity index is 1100. The fraction of sp³-hybridized carbons (Fsp3) is 0.739. The van der Waals surface area contributed by atoms with Crippen molar-refractivity contribution >= 4 is 23.1 Å². The van der Waals surface area contributed by atoms with Crippen LogP contribution in [0.1, 0.15) is 46.8 Å². The molecule has 6 atom stereocenters. The molecule has 0 aromatic carbocycles. The maximum atomic E-state index is 12.0. The van der Waals surface area contributed by atoms with E-state index in [1.165, 1.54) is 12.7 Å². The zero-order valence-corrected chi connectivity index (χ0v) is 21.5. The number of aliphatic hydroxyl groups is 2. The maximum absolute atomic E-state index is 12.0. The summed E-state index contributed by atoms with van der Waals surface area (Å²) in [5, 5.41) is 25.0. The van der Waals surface area contributed by atoms with Crippen LogP contribution in [0.25, 0.3) is 11.2 Å². The summed E-state index contributed by atoms with van der Waals surface area (Å²) in [6.07, 6.45) is -0.956. The fourth-order valence-corrected chi connectivity index (χ4v) is 4.88. The summed E-state index contributed by atoms with van der Waals surface area (Å²) in [4.78, 5) is 26.9. The monoisotopic (exact) mass is 520 g/mol. The zero-order chi connectivity index (χ0) is 26.3. The molecule has 2 unspecified atom stereocenters. The number of anilines is 1. The minimum Gasteiger partial charge on any atom is -0.450 e. The molecule has 204 valence electrons. The summed E-state index contributed by atoms with van der Waals surface area (Å²) in [6, 6.07) is 0.0994. The Kier molecular flexibility index (Phi) is 7.22. The van der Waals surface area contributed by atoms with Gasteiger partial charge in [-0.25, -0.2) is 30.6 Å². The number of nitrogens with one attached hydrogen (secondary N) is 3. The predicted molar refractivity (Wildman–Crippen MR) is 131 cm³/mol. The molecule has 0 radical (unpaired) electrons. The molecule has 0 spiro atoms. The third kappa shape index (κ3) is 5.09. The van der Waals surface area contributed by atoms with Crippen LogP contribution in [0.5, 0.6) is 0 Å². The Hall–Kier alpha value is -2.62. The summed E-state index contributed by atoms with van der Waals surface area (Å²) in [5.74, 6) is 0.556. The van der Waals surface area contributed by atoms with Crippen molar-refractivity contribution < 1.29 is 29.2 Å². The van der Waals surface area contributed by atoms with Crippen LogP contribution >= 0.6 is 0 Å². The second-order valence-electron chi connectivity index (χ2n) is 10.7. The first kappa shape index (κ1) is 26.0. The van der Waals surface area contributed by atoms with Crippen molar-refractivity contribution in [2.24, 2.45) is 5.41 Å². The Labute approximate surface area is 214 Å². The molecule has 37 heavy (non-hydrogen) atoms. The summed E-state index contributed by atoms with van der Waals surface area (Å²) in [6.45, 7) is 9.42. The first-order valence-electron chi connectivity index (χ1n) is 12.7. The standard InChI is InChI=1S/C23H36N8O6/c1-5-35-22(34)30-8-6-12(7-9-30)27-17-13-18(25-10-24-17)31(11-26-13)20-15(33)14(32)16(36-20)19-28-29-21(37-19)23(2,3)4/h10-12,14-16,19-21,28-29,32-33H,5-9H2,1-4H3,(H,24,25,27)/t14-,15+,16-,19?,20+,21?/m0/s1. The van der Waals surface area contributed by atoms with Crippen LogP contribution in [-0.4, -0.2) is 97.2 Å². The van der Waals surface area contributed by atoms with Crippen LogP contribution in [0, 0.1) is 5.41 Å². The minimum absolute atomic E-state index is 0.0994. The normalized spacial score (nSPS) is 31.2. The number of rotatable bonds is 5. The minimum atomic E-state index is -1.22. The van der Waals surface area contributed by atoms with E-state index in [1.54, 1.807) is 16.4 Å². The van der Waals surface area contributed by atoms with E-state index < -0.39 is 30.8 Å². The van der Waals surface area contributed by atoms with Crippen LogP contribution in [0.4, 0.5) is 10.6 Å². The maximum Gasteiger partial charge on any atom is 0.409 e. The van der Waals surface area contributed by atoms with Gasteiger partial charge in [0.2, 0.25) is 0 Å². The second kappa shape index (κ2) is 10.3. The Morgan fingerprint density at radius 3 is 2.59 bits per heavy atom. The number of carbonyl (C=O) groups is 1. The lowest BCUT2D eigenvalue weighted by molar-refractivity contribution is -0.122. The van der Waals surface area contributed by atoms with Gasteiger partial charge in [0.15, 0.2) is 29.4 Å². The van der Waals surface area contributed by atoms with E-state index in [0.29, 0.717) is 36.7 Å². The van der Waals surface area contributed by atoms with Crippen LogP contribution in [-0.2, 0) is 14.2 Å². The third-order valence-corrected chi connectivity index (χ3v) is 6.99. The summed E-state index contributed by atoms with van der Waals surface area (Å²) >= 11 is 0. The van der Waals surface area contributed by atoms with Crippen molar-refractivity contribution in [3.8, 4) is 0 Å². The number of piperidine rings is 1. The third-order valence-electron chi connectivity index (χ3n) is 6.99. The molecule has 2 aromatic rings. The van der Waals surface area contributed by atoms with Crippen LogP contribution in [0.2, 0.25) is 0 Å². The SMILES string of the molecule is CCOC(=O)N1CCC(Nc2ncnc3c2ncn3[C@@H]2O[C@H](C3NNC(C(C)(C)C)O3)[C@@H](O)[C@H]2O)CC1. The quantitative estimate of drug-likeness (QED) is 0.366. The smallest absolute Gasteiger partial charge is 0.409 e. The molecule has 2 aromatic heterocycles. The summed E-state index contributed by atoms with van der Waals surface area (Å²) in [5.41, 5.74) is 6.90. The summed E-state index contributed by atoms with van der Waals surface area (Å²) in [7, 11) is 0. The van der Waals surface area contributed by atoms with E-state index >= 15 is 0 Å². The molecule has 1 amide bonds. The van der Waals surface area contributed by atoms with E-state index in [2.05, 4.69) is 31.1 Å². The molecule has 3 saturated heterocycles. The Morgan fingerprint density at radius 1 is 1.16 bits per heavy atom. The first-order valence-corrected chi connectivity index (χ1v) is 12.7. The molecule has 5 rings (SSSR count). The number of aromatic nitrogens is 4. The van der Waals surface area contributed by atoms with Gasteiger partial charge in [-0.15, -0.1) is 0 Å². The van der Waals surface area contributed by atoms with E-state index in [4.69, 9.17) is 14.2 Å². The molecule has 14 heteroatoms. The molecule has 14 nitrogen and oxygen atoms in total. The highest BCUT2D eigenvalue weighted by molar-refractivity contribution is 5.82. The van der Waals surface area contributed by atoms with Crippen molar-refractivity contribution in [2.75, 3.05) is 25.0 Å². The van der Waals surface area contributed by atoms with Crippen LogP contribution in [0.15, 0.2) is 12.7 Å². The van der Waals surface area contributed by atoms with Crippen LogP contribution in [0.3, 0.4) is 0 Å². The average Bonchev–Trinajstić information content (AvgIpc) is 3.59. The molecule has 5 N–H and O–H groups in total. The number of aliphatic hydroxyl groups excluding tert-OH is 2. The lowest BCUT2D eigenvalue weighted by Crippen LogP contribution is -2.46. The van der Waals surface area contributed by atoms with Crippen LogP contribution < -0.4 is 16.2 Å². The van der Waals surface area contributed by atoms with Gasteiger partial charge in [-0.1, -0.05) is 20.8 Å². The lowest BCUT2D eigenvalue weighted by atomic mass is 9.95. The number of ether oxygens (including phenoxy) is 3. The number of likely N-dealkylation sites (tertiary alicyclic amines) is 1. The number of amides is 1. The molecule has 0 saturated carbocycles. The zero-order valence-electron chi connectivity index (χ0n) is 21.5. The van der Waals surface area contributed by atoms with E-state index in [9.17, 15) is 15.0 Å². The highest BCUT2D eigenvalue weighted by atomic mass is 16.6. The number of hydrogen-bond acceptors (Lipinski definition) is 12. The Balaban J connectivity index is 1.28. The largest absolute Gasteiger partial charge is 0.450 e. The van der Waals surface area contributed by atoms with Crippen molar-refractivity contribution in [3.63, 3.8) is 0 Å². The van der Waals surface area contributed by atoms with Gasteiger partial charge < -0.3 is 34.6 Å². The highest BCUT2D eigenvalue weighted by Crippen LogP contribution is 2.36. The average molecular weight is 521 g/mol. The molecular weight excluding hydrogens is 484 g/mol. The van der Waals surface area contributed by atoms with Gasteiger partial charge in [0.1, 0.15) is 30.9 Å². The number of fused-ring (bicyclic) bond motifs is 1. The second-order valence-corrected chi connectivity index (χ2v) is 10.7. The number of hydrazine groups is 1. The van der Waals surface area contributed by atoms with E-state index in [0.717, 1.165) is 12.8 Å². The highest BCUT2D eigenvalue weighted by Gasteiger charge is 2.51. The molecular formula is C23H36N8O6. The first-order chi connectivity index (χ1) is 17.7. The molecule has 3 aliphatic heterocycles. The molecule has 0 aliphatic carbocycles. The molecule has 5 heterocycles. The van der Waals surface area contributed by atoms with Gasteiger partial charge in [0.25, 0.3) is 0 Å². The van der Waals surface area contributed by atoms with Crippen molar-refractivity contribution in [2.45, 2.75) is 83.6 Å². The van der Waals surface area contributed by atoms with E-state index in [1.807, 2.05) is 20.8 Å². The van der Waals surface area contributed by atoms with Crippen molar-refractivity contribution in [1.29, 1.82) is 0 Å². The number of imidazole rings is 1. The fourth-order valence-electron chi connectivity index (χ4n) is 4.88. The molecule has 0 bridgehead atoms. The number of hydrogen-bond donors (Lipinski definition) is 5. The van der Waals surface area contributed by atoms with Gasteiger partial charge in [-0.3, -0.25) is 4.57 Å². The Morgan fingerprint density at radius 2 is 1.92 bits per heavy atom. The van der Waals surface area contributed by atoms with Gasteiger partial charge >= 0.3 is 6.09 Å².